The van der Waals surface area contributed by atoms with Gasteiger partial charge in [-0.15, -0.1) is 0 Å². The van der Waals surface area contributed by atoms with Crippen LogP contribution in [0.3, 0.4) is 0 Å². The second-order valence-corrected chi connectivity index (χ2v) is 9.74. The van der Waals surface area contributed by atoms with Crippen molar-refractivity contribution < 1.29 is 0 Å². The van der Waals surface area contributed by atoms with Gasteiger partial charge in [0, 0.05) is 17.1 Å². The first kappa shape index (κ1) is 23.0. The van der Waals surface area contributed by atoms with E-state index < -0.39 is 0 Å². The van der Waals surface area contributed by atoms with Gasteiger partial charge < -0.3 is 4.90 Å². The molecule has 0 saturated carbocycles. The van der Waals surface area contributed by atoms with E-state index in [0.29, 0.717) is 0 Å². The van der Waals surface area contributed by atoms with Gasteiger partial charge in [0.05, 0.1) is 0 Å². The van der Waals surface area contributed by atoms with Gasteiger partial charge in [-0.2, -0.15) is 0 Å². The van der Waals surface area contributed by atoms with E-state index in [2.05, 4.69) is 157 Å². The summed E-state index contributed by atoms with van der Waals surface area (Å²) in [5.41, 5.74) is 8.25. The average Bonchev–Trinajstić information content (AvgIpc) is 3.02. The van der Waals surface area contributed by atoms with E-state index in [0.717, 1.165) is 17.1 Å². The Bertz CT molecular complexity index is 1750. The third-order valence-corrected chi connectivity index (χ3v) is 7.41. The fraction of sp³-hybridized carbons (Fsp3) is 0. The maximum atomic E-state index is 3.16. The number of hydrogen-bond acceptors (Lipinski definition) is 1. The van der Waals surface area contributed by atoms with Crippen molar-refractivity contribution >= 4 is 38.6 Å². The van der Waals surface area contributed by atoms with Gasteiger partial charge >= 0.3 is 0 Å². The summed E-state index contributed by atoms with van der Waals surface area (Å²) >= 11 is 0. The molecule has 7 aromatic rings. The zero-order valence-corrected chi connectivity index (χ0v) is 21.5. The normalized spacial score (nSPS) is 11.1. The summed E-state index contributed by atoms with van der Waals surface area (Å²) in [4.78, 5) is 2.30. The largest absolute Gasteiger partial charge is 0.311 e. The fourth-order valence-electron chi connectivity index (χ4n) is 5.51. The van der Waals surface area contributed by atoms with E-state index >= 15 is 0 Å². The highest BCUT2D eigenvalue weighted by molar-refractivity contribution is 5.98. The smallest absolute Gasteiger partial charge is 0.0462 e. The standard InChI is InChI=1S/C38H26N/c1-2-14-32(15-3-1)39(33-24-20-30(21-25-33)37-18-8-12-28-10-4-6-16-35(28)37)34-26-22-31(23-27-34)38-19-9-13-29-11-5-7-17-36(29)38/h2-27H. The van der Waals surface area contributed by atoms with Gasteiger partial charge in [-0.25, -0.2) is 0 Å². The van der Waals surface area contributed by atoms with Crippen molar-refractivity contribution in [2.24, 2.45) is 0 Å². The van der Waals surface area contributed by atoms with Gasteiger partial charge in [0.15, 0.2) is 0 Å². The number of hydrogen-bond donors (Lipinski definition) is 0. The first-order chi connectivity index (χ1) is 19.3. The summed E-state index contributed by atoms with van der Waals surface area (Å²) in [6, 6.07) is 59.2. The number of nitrogens with zero attached hydrogens (tertiary/aromatic N) is 1. The second-order valence-electron chi connectivity index (χ2n) is 9.74. The molecule has 7 aromatic carbocycles. The number of fused-ring (bicyclic) bond motifs is 2. The minimum Gasteiger partial charge on any atom is -0.311 e. The minimum atomic E-state index is 1.10. The molecule has 0 amide bonds. The minimum absolute atomic E-state index is 1.10. The Kier molecular flexibility index (Phi) is 5.88. The zero-order valence-electron chi connectivity index (χ0n) is 21.5. The van der Waals surface area contributed by atoms with Gasteiger partial charge in [-0.05, 0) is 86.3 Å². The molecule has 0 aliphatic carbocycles. The van der Waals surface area contributed by atoms with E-state index in [1.165, 1.54) is 43.8 Å². The molecule has 7 rings (SSSR count). The molecule has 0 bridgehead atoms. The highest BCUT2D eigenvalue weighted by Crippen LogP contribution is 2.38. The molecule has 1 radical (unpaired) electrons. The molecular weight excluding hydrogens is 470 g/mol. The Morgan fingerprint density at radius 1 is 0.359 bits per heavy atom. The first-order valence-corrected chi connectivity index (χ1v) is 13.3. The molecule has 0 aliphatic rings. The van der Waals surface area contributed by atoms with Crippen LogP contribution in [0.1, 0.15) is 0 Å². The summed E-state index contributed by atoms with van der Waals surface area (Å²) in [6.07, 6.45) is 0. The highest BCUT2D eigenvalue weighted by atomic mass is 15.1. The second kappa shape index (κ2) is 9.96. The molecule has 0 aliphatic heterocycles. The van der Waals surface area contributed by atoms with Crippen LogP contribution in [0.4, 0.5) is 17.1 Å². The van der Waals surface area contributed by atoms with E-state index in [1.54, 1.807) is 0 Å². The van der Waals surface area contributed by atoms with Gasteiger partial charge in [-0.3, -0.25) is 0 Å². The highest BCUT2D eigenvalue weighted by Gasteiger charge is 2.14. The van der Waals surface area contributed by atoms with Crippen molar-refractivity contribution in [3.8, 4) is 22.3 Å². The third kappa shape index (κ3) is 4.35. The van der Waals surface area contributed by atoms with Crippen LogP contribution in [-0.4, -0.2) is 0 Å². The lowest BCUT2D eigenvalue weighted by molar-refractivity contribution is 1.28. The maximum absolute atomic E-state index is 3.16. The fourth-order valence-corrected chi connectivity index (χ4v) is 5.51. The molecule has 1 heteroatoms. The van der Waals surface area contributed by atoms with Crippen molar-refractivity contribution in [3.63, 3.8) is 0 Å². The lowest BCUT2D eigenvalue weighted by Gasteiger charge is -2.26. The van der Waals surface area contributed by atoms with Crippen LogP contribution in [0.15, 0.2) is 158 Å². The van der Waals surface area contributed by atoms with Crippen molar-refractivity contribution in [1.29, 1.82) is 0 Å². The maximum Gasteiger partial charge on any atom is 0.0462 e. The predicted octanol–water partition coefficient (Wildman–Crippen LogP) is 10.6. The molecule has 0 fully saturated rings. The van der Waals surface area contributed by atoms with Crippen molar-refractivity contribution in [2.45, 2.75) is 0 Å². The first-order valence-electron chi connectivity index (χ1n) is 13.3. The van der Waals surface area contributed by atoms with Crippen LogP contribution in [0, 0.1) is 6.07 Å². The van der Waals surface area contributed by atoms with Crippen LogP contribution < -0.4 is 4.90 Å². The molecule has 183 valence electrons. The molecule has 1 nitrogen and oxygen atoms in total. The monoisotopic (exact) mass is 496 g/mol. The summed E-state index contributed by atoms with van der Waals surface area (Å²) in [6.45, 7) is 0. The van der Waals surface area contributed by atoms with Crippen LogP contribution in [0.2, 0.25) is 0 Å². The average molecular weight is 497 g/mol. The third-order valence-electron chi connectivity index (χ3n) is 7.41. The van der Waals surface area contributed by atoms with Crippen LogP contribution in [0.5, 0.6) is 0 Å². The Morgan fingerprint density at radius 2 is 0.769 bits per heavy atom. The van der Waals surface area contributed by atoms with E-state index in [-0.39, 0.29) is 0 Å². The molecular formula is C38H26N. The quantitative estimate of drug-likeness (QED) is 0.229. The van der Waals surface area contributed by atoms with Crippen molar-refractivity contribution in [3.05, 3.63) is 164 Å². The van der Waals surface area contributed by atoms with Crippen molar-refractivity contribution in [2.75, 3.05) is 4.90 Å². The Morgan fingerprint density at radius 3 is 1.26 bits per heavy atom. The number of benzene rings is 7. The SMILES string of the molecule is [c]1ccc(N(c2ccc(-c3cccc4ccccc34)cc2)c2ccc(-c3cccc4ccccc34)cc2)cc1. The van der Waals surface area contributed by atoms with Gasteiger partial charge in [0.1, 0.15) is 0 Å². The van der Waals surface area contributed by atoms with Gasteiger partial charge in [-0.1, -0.05) is 121 Å². The van der Waals surface area contributed by atoms with E-state index in [4.69, 9.17) is 0 Å². The van der Waals surface area contributed by atoms with Crippen molar-refractivity contribution in [1.82, 2.24) is 0 Å². The number of anilines is 3. The van der Waals surface area contributed by atoms with E-state index in [1.807, 2.05) is 12.1 Å². The molecule has 0 saturated heterocycles. The van der Waals surface area contributed by atoms with Gasteiger partial charge in [0.25, 0.3) is 0 Å². The summed E-state index contributed by atoms with van der Waals surface area (Å²) in [7, 11) is 0. The predicted molar refractivity (Wildman–Crippen MR) is 166 cm³/mol. The van der Waals surface area contributed by atoms with E-state index in [9.17, 15) is 0 Å². The molecule has 0 N–H and O–H groups in total. The van der Waals surface area contributed by atoms with Crippen LogP contribution >= 0.6 is 0 Å². The molecule has 0 atom stereocenters. The molecule has 0 heterocycles. The molecule has 0 unspecified atom stereocenters. The summed E-state index contributed by atoms with van der Waals surface area (Å²) in [5, 5.41) is 5.06. The summed E-state index contributed by atoms with van der Waals surface area (Å²) < 4.78 is 0. The lowest BCUT2D eigenvalue weighted by atomic mass is 9.97. The lowest BCUT2D eigenvalue weighted by Crippen LogP contribution is -2.09. The Balaban J connectivity index is 1.28. The number of rotatable bonds is 5. The zero-order chi connectivity index (χ0) is 26.0. The summed E-state index contributed by atoms with van der Waals surface area (Å²) in [5.74, 6) is 0. The molecule has 0 spiro atoms. The van der Waals surface area contributed by atoms with Gasteiger partial charge in [0.2, 0.25) is 0 Å². The Hall–Kier alpha value is -5.14. The molecule has 0 aromatic heterocycles. The molecule has 39 heavy (non-hydrogen) atoms. The topological polar surface area (TPSA) is 3.24 Å². The van der Waals surface area contributed by atoms with Crippen LogP contribution in [0.25, 0.3) is 43.8 Å². The Labute approximate surface area is 229 Å². The van der Waals surface area contributed by atoms with Crippen LogP contribution in [-0.2, 0) is 0 Å².